The molecule has 0 aliphatic heterocycles. The number of hydrogen-bond acceptors (Lipinski definition) is 4. The molecule has 0 N–H and O–H groups in total. The second kappa shape index (κ2) is 5.30. The molecule has 0 aromatic carbocycles. The van der Waals surface area contributed by atoms with Crippen LogP contribution in [0, 0.1) is 79.8 Å². The SMILES string of the molecule is N#CC1CC2CCC1(C#N)C2.N#CC1CC2CCC1(C#N)C2. The second-order valence-electron chi connectivity index (χ2n) is 7.59. The van der Waals surface area contributed by atoms with Gasteiger partial charge in [0.2, 0.25) is 0 Å². The molecule has 4 fully saturated rings. The molecule has 0 amide bonds. The average molecular weight is 292 g/mol. The van der Waals surface area contributed by atoms with Gasteiger partial charge in [0.05, 0.1) is 46.9 Å². The van der Waals surface area contributed by atoms with Gasteiger partial charge >= 0.3 is 0 Å². The van der Waals surface area contributed by atoms with Gasteiger partial charge in [0.15, 0.2) is 0 Å². The summed E-state index contributed by atoms with van der Waals surface area (Å²) in [6, 6.07) is 9.22. The van der Waals surface area contributed by atoms with Gasteiger partial charge in [-0.15, -0.1) is 0 Å². The summed E-state index contributed by atoms with van der Waals surface area (Å²) in [6.07, 6.45) is 8.20. The van der Waals surface area contributed by atoms with Crippen LogP contribution in [0.4, 0.5) is 0 Å². The smallest absolute Gasteiger partial charge is 0.0734 e. The molecule has 6 unspecified atom stereocenters. The van der Waals surface area contributed by atoms with E-state index in [0.717, 1.165) is 38.5 Å². The monoisotopic (exact) mass is 292 g/mol. The van der Waals surface area contributed by atoms with E-state index in [-0.39, 0.29) is 22.7 Å². The van der Waals surface area contributed by atoms with Crippen molar-refractivity contribution in [1.82, 2.24) is 0 Å². The summed E-state index contributed by atoms with van der Waals surface area (Å²) in [7, 11) is 0. The first-order valence-corrected chi connectivity index (χ1v) is 8.23. The maximum Gasteiger partial charge on any atom is 0.0734 e. The Morgan fingerprint density at radius 1 is 0.682 bits per heavy atom. The van der Waals surface area contributed by atoms with Crippen molar-refractivity contribution in [3.05, 3.63) is 0 Å². The zero-order chi connectivity index (χ0) is 15.8. The fraction of sp³-hybridized carbons (Fsp3) is 0.778. The molecule has 0 aromatic rings. The lowest BCUT2D eigenvalue weighted by atomic mass is 9.77. The lowest BCUT2D eigenvalue weighted by molar-refractivity contribution is 0.318. The normalized spacial score (nSPS) is 46.7. The van der Waals surface area contributed by atoms with Crippen LogP contribution in [0.2, 0.25) is 0 Å². The van der Waals surface area contributed by atoms with Crippen LogP contribution in [-0.4, -0.2) is 0 Å². The van der Waals surface area contributed by atoms with Crippen LogP contribution in [-0.2, 0) is 0 Å². The third kappa shape index (κ3) is 2.07. The van der Waals surface area contributed by atoms with Gasteiger partial charge in [-0.2, -0.15) is 21.0 Å². The molecule has 0 heterocycles. The highest BCUT2D eigenvalue weighted by Crippen LogP contribution is 2.57. The van der Waals surface area contributed by atoms with E-state index >= 15 is 0 Å². The second-order valence-corrected chi connectivity index (χ2v) is 7.59. The molecule has 4 aliphatic carbocycles. The maximum atomic E-state index is 8.94. The first-order chi connectivity index (χ1) is 10.6. The molecule has 4 nitrogen and oxygen atoms in total. The molecular formula is C18H20N4. The topological polar surface area (TPSA) is 95.2 Å². The standard InChI is InChI=1S/2C9H10N2/c2*10-5-8-3-7-1-2-9(8,4-7)6-11/h2*7-8H,1-4H2. The van der Waals surface area contributed by atoms with Crippen LogP contribution in [0.5, 0.6) is 0 Å². The largest absolute Gasteiger partial charge is 0.198 e. The first-order valence-electron chi connectivity index (χ1n) is 8.23. The number of hydrogen-bond donors (Lipinski definition) is 0. The molecule has 0 saturated heterocycles. The van der Waals surface area contributed by atoms with Crippen molar-refractivity contribution >= 4 is 0 Å². The molecule has 0 radical (unpaired) electrons. The lowest BCUT2D eigenvalue weighted by Gasteiger charge is -2.22. The Labute approximate surface area is 131 Å². The molecule has 4 saturated carbocycles. The van der Waals surface area contributed by atoms with Gasteiger partial charge in [0.1, 0.15) is 0 Å². The Morgan fingerprint density at radius 2 is 1.09 bits per heavy atom. The summed E-state index contributed by atoms with van der Waals surface area (Å²) < 4.78 is 0. The number of rotatable bonds is 0. The van der Waals surface area contributed by atoms with Gasteiger partial charge in [-0.3, -0.25) is 0 Å². The lowest BCUT2D eigenvalue weighted by Crippen LogP contribution is -2.21. The summed E-state index contributed by atoms with van der Waals surface area (Å²) >= 11 is 0. The molecule has 4 rings (SSSR count). The van der Waals surface area contributed by atoms with Gasteiger partial charge in [-0.1, -0.05) is 0 Å². The minimum absolute atomic E-state index is 0.0336. The van der Waals surface area contributed by atoms with Crippen molar-refractivity contribution in [3.63, 3.8) is 0 Å². The summed E-state index contributed by atoms with van der Waals surface area (Å²) in [5.41, 5.74) is -0.473. The van der Waals surface area contributed by atoms with Gasteiger partial charge < -0.3 is 0 Å². The number of fused-ring (bicyclic) bond motifs is 4. The maximum absolute atomic E-state index is 8.94. The molecule has 0 aromatic heterocycles. The summed E-state index contributed by atoms with van der Waals surface area (Å²) in [5, 5.41) is 35.5. The molecule has 0 spiro atoms. The molecule has 4 bridgehead atoms. The molecule has 4 aliphatic rings. The predicted molar refractivity (Wildman–Crippen MR) is 78.2 cm³/mol. The Balaban J connectivity index is 0.000000131. The van der Waals surface area contributed by atoms with Crippen LogP contribution < -0.4 is 0 Å². The molecule has 112 valence electrons. The van der Waals surface area contributed by atoms with Crippen molar-refractivity contribution in [2.75, 3.05) is 0 Å². The van der Waals surface area contributed by atoms with E-state index in [1.807, 2.05) is 0 Å². The van der Waals surface area contributed by atoms with Crippen molar-refractivity contribution in [2.45, 2.75) is 51.4 Å². The molecular weight excluding hydrogens is 272 g/mol. The molecule has 4 heteroatoms. The minimum atomic E-state index is -0.237. The Hall–Kier alpha value is -2.04. The van der Waals surface area contributed by atoms with Gasteiger partial charge in [-0.25, -0.2) is 0 Å². The van der Waals surface area contributed by atoms with Crippen LogP contribution in [0.15, 0.2) is 0 Å². The van der Waals surface area contributed by atoms with Crippen LogP contribution in [0.3, 0.4) is 0 Å². The zero-order valence-corrected chi connectivity index (χ0v) is 12.8. The zero-order valence-electron chi connectivity index (χ0n) is 12.8. The number of nitrogens with zero attached hydrogens (tertiary/aromatic N) is 4. The van der Waals surface area contributed by atoms with Crippen LogP contribution in [0.25, 0.3) is 0 Å². The van der Waals surface area contributed by atoms with Gasteiger partial charge in [-0.05, 0) is 63.2 Å². The van der Waals surface area contributed by atoms with E-state index in [2.05, 4.69) is 24.3 Å². The van der Waals surface area contributed by atoms with Crippen molar-refractivity contribution in [3.8, 4) is 24.3 Å². The highest BCUT2D eigenvalue weighted by atomic mass is 14.6. The highest BCUT2D eigenvalue weighted by Gasteiger charge is 2.53. The summed E-state index contributed by atoms with van der Waals surface area (Å²) in [6.45, 7) is 0. The van der Waals surface area contributed by atoms with Crippen LogP contribution in [0.1, 0.15) is 51.4 Å². The van der Waals surface area contributed by atoms with Gasteiger partial charge in [0, 0.05) is 0 Å². The first kappa shape index (κ1) is 14.9. The van der Waals surface area contributed by atoms with Gasteiger partial charge in [0.25, 0.3) is 0 Å². The average Bonchev–Trinajstić information content (AvgIpc) is 3.32. The van der Waals surface area contributed by atoms with E-state index in [1.165, 1.54) is 12.8 Å². The number of nitriles is 4. The quantitative estimate of drug-likeness (QED) is 0.680. The fourth-order valence-electron chi connectivity index (χ4n) is 5.23. The summed E-state index contributed by atoms with van der Waals surface area (Å²) in [4.78, 5) is 0. The van der Waals surface area contributed by atoms with E-state index in [9.17, 15) is 0 Å². The molecule has 22 heavy (non-hydrogen) atoms. The van der Waals surface area contributed by atoms with Crippen molar-refractivity contribution in [2.24, 2.45) is 34.5 Å². The summed E-state index contributed by atoms with van der Waals surface area (Å²) in [5.74, 6) is 1.43. The van der Waals surface area contributed by atoms with E-state index < -0.39 is 0 Å². The Morgan fingerprint density at radius 3 is 1.32 bits per heavy atom. The van der Waals surface area contributed by atoms with E-state index in [4.69, 9.17) is 21.0 Å². The Bertz CT molecular complexity index is 571. The predicted octanol–water partition coefficient (Wildman–Crippen LogP) is 3.68. The van der Waals surface area contributed by atoms with Crippen molar-refractivity contribution in [1.29, 1.82) is 21.0 Å². The Kier molecular flexibility index (Phi) is 3.59. The fourth-order valence-corrected chi connectivity index (χ4v) is 5.23. The third-order valence-electron chi connectivity index (χ3n) is 6.53. The highest BCUT2D eigenvalue weighted by molar-refractivity contribution is 5.18. The molecule has 6 atom stereocenters. The van der Waals surface area contributed by atoms with E-state index in [1.54, 1.807) is 0 Å². The van der Waals surface area contributed by atoms with E-state index in [0.29, 0.717) is 11.8 Å². The minimum Gasteiger partial charge on any atom is -0.198 e. The van der Waals surface area contributed by atoms with Crippen LogP contribution >= 0.6 is 0 Å². The van der Waals surface area contributed by atoms with Crippen molar-refractivity contribution < 1.29 is 0 Å². The third-order valence-corrected chi connectivity index (χ3v) is 6.53.